The first-order valence-corrected chi connectivity index (χ1v) is 7.18. The van der Waals surface area contributed by atoms with Crippen LogP contribution in [0.3, 0.4) is 0 Å². The predicted molar refractivity (Wildman–Crippen MR) is 76.4 cm³/mol. The smallest absolute Gasteiger partial charge is 0.0471 e. The molecule has 3 heteroatoms. The van der Waals surface area contributed by atoms with Crippen LogP contribution in [0.1, 0.15) is 23.5 Å². The summed E-state index contributed by atoms with van der Waals surface area (Å²) < 4.78 is 0. The number of nitrogens with zero attached hydrogens (tertiary/aromatic N) is 1. The molecule has 2 heterocycles. The van der Waals surface area contributed by atoms with E-state index in [2.05, 4.69) is 41.3 Å². The van der Waals surface area contributed by atoms with Gasteiger partial charge in [0.05, 0.1) is 0 Å². The number of nitrogens with one attached hydrogen (secondary N) is 1. The fraction of sp³-hybridized carbons (Fsp3) is 0.500. The van der Waals surface area contributed by atoms with Crippen LogP contribution in [0.25, 0.3) is 10.9 Å². The van der Waals surface area contributed by atoms with Crippen molar-refractivity contribution in [2.45, 2.75) is 24.8 Å². The van der Waals surface area contributed by atoms with Gasteiger partial charge in [-0.15, -0.1) is 0 Å². The predicted octanol–water partition coefficient (Wildman–Crippen LogP) is 2.12. The molecule has 1 aromatic carbocycles. The Morgan fingerprint density at radius 3 is 3.16 bits per heavy atom. The minimum absolute atomic E-state index is 0.309. The van der Waals surface area contributed by atoms with E-state index >= 15 is 0 Å². The number of benzene rings is 1. The van der Waals surface area contributed by atoms with E-state index in [1.807, 2.05) is 0 Å². The minimum Gasteiger partial charge on any atom is -0.396 e. The molecule has 1 fully saturated rings. The zero-order valence-corrected chi connectivity index (χ0v) is 11.3. The van der Waals surface area contributed by atoms with E-state index < -0.39 is 0 Å². The highest BCUT2D eigenvalue weighted by Gasteiger charge is 2.38. The van der Waals surface area contributed by atoms with Gasteiger partial charge in [-0.3, -0.25) is 0 Å². The van der Waals surface area contributed by atoms with Gasteiger partial charge >= 0.3 is 0 Å². The van der Waals surface area contributed by atoms with Crippen molar-refractivity contribution in [2.24, 2.45) is 5.92 Å². The maximum absolute atomic E-state index is 9.52. The number of hydrogen-bond donors (Lipinski definition) is 2. The van der Waals surface area contributed by atoms with Gasteiger partial charge in [0.2, 0.25) is 0 Å². The van der Waals surface area contributed by atoms with Gasteiger partial charge in [0.1, 0.15) is 0 Å². The fourth-order valence-corrected chi connectivity index (χ4v) is 4.19. The van der Waals surface area contributed by atoms with Crippen molar-refractivity contribution < 1.29 is 5.11 Å². The maximum atomic E-state index is 9.52. The molecule has 0 spiro atoms. The molecule has 0 radical (unpaired) electrons. The number of hydrogen-bond acceptors (Lipinski definition) is 2. The Balaban J connectivity index is 1.86. The Labute approximate surface area is 113 Å². The zero-order chi connectivity index (χ0) is 13.0. The molecule has 3 nitrogen and oxygen atoms in total. The number of likely N-dealkylation sites (N-methyl/N-ethyl adjacent to an activating group) is 1. The number of fused-ring (bicyclic) bond motifs is 2. The van der Waals surface area contributed by atoms with Gasteiger partial charge in [0.15, 0.2) is 0 Å². The lowest BCUT2D eigenvalue weighted by atomic mass is 9.72. The van der Waals surface area contributed by atoms with Crippen molar-refractivity contribution in [3.8, 4) is 0 Å². The lowest BCUT2D eigenvalue weighted by molar-refractivity contribution is 0.0772. The van der Waals surface area contributed by atoms with Gasteiger partial charge in [0.25, 0.3) is 0 Å². The molecule has 0 saturated carbocycles. The molecular weight excluding hydrogens is 236 g/mol. The average Bonchev–Trinajstić information content (AvgIpc) is 2.85. The van der Waals surface area contributed by atoms with Crippen molar-refractivity contribution in [1.29, 1.82) is 0 Å². The van der Waals surface area contributed by atoms with Gasteiger partial charge in [-0.25, -0.2) is 0 Å². The molecule has 0 amide bonds. The van der Waals surface area contributed by atoms with Gasteiger partial charge in [-0.2, -0.15) is 0 Å². The minimum atomic E-state index is 0.309. The summed E-state index contributed by atoms with van der Waals surface area (Å²) in [6.45, 7) is 1.33. The lowest BCUT2D eigenvalue weighted by Crippen LogP contribution is -2.48. The molecule has 19 heavy (non-hydrogen) atoms. The van der Waals surface area contributed by atoms with E-state index in [9.17, 15) is 5.11 Å². The highest BCUT2D eigenvalue weighted by atomic mass is 16.3. The number of likely N-dealkylation sites (tertiary alicyclic amines) is 1. The van der Waals surface area contributed by atoms with E-state index in [-0.39, 0.29) is 0 Å². The van der Waals surface area contributed by atoms with E-state index in [0.29, 0.717) is 24.5 Å². The molecule has 1 aliphatic heterocycles. The highest BCUT2D eigenvalue weighted by molar-refractivity contribution is 5.88. The summed E-state index contributed by atoms with van der Waals surface area (Å²) in [7, 11) is 2.21. The first-order chi connectivity index (χ1) is 9.28. The fourth-order valence-electron chi connectivity index (χ4n) is 4.19. The van der Waals surface area contributed by atoms with Crippen LogP contribution in [0.15, 0.2) is 24.4 Å². The molecule has 4 rings (SSSR count). The molecule has 100 valence electrons. The second kappa shape index (κ2) is 4.09. The molecule has 2 aliphatic rings. The first-order valence-electron chi connectivity index (χ1n) is 7.18. The molecule has 1 aliphatic carbocycles. The van der Waals surface area contributed by atoms with Crippen LogP contribution in [0.4, 0.5) is 0 Å². The normalized spacial score (nSPS) is 30.5. The molecular formula is C16H20N2O. The quantitative estimate of drug-likeness (QED) is 0.820. The van der Waals surface area contributed by atoms with E-state index in [1.54, 1.807) is 0 Å². The third kappa shape index (κ3) is 1.58. The highest BCUT2D eigenvalue weighted by Crippen LogP contribution is 2.44. The number of rotatable bonds is 1. The van der Waals surface area contributed by atoms with Gasteiger partial charge in [0, 0.05) is 42.2 Å². The Kier molecular flexibility index (Phi) is 2.47. The molecule has 1 unspecified atom stereocenters. The summed E-state index contributed by atoms with van der Waals surface area (Å²) in [5.74, 6) is 0.991. The van der Waals surface area contributed by atoms with E-state index in [0.717, 1.165) is 19.4 Å². The first kappa shape index (κ1) is 11.5. The molecule has 0 bridgehead atoms. The molecule has 1 saturated heterocycles. The van der Waals surface area contributed by atoms with Crippen LogP contribution >= 0.6 is 0 Å². The summed E-state index contributed by atoms with van der Waals surface area (Å²) in [5, 5.41) is 11.0. The average molecular weight is 256 g/mol. The second-order valence-corrected chi connectivity index (χ2v) is 6.19. The Hall–Kier alpha value is -1.32. The van der Waals surface area contributed by atoms with Crippen LogP contribution in [-0.2, 0) is 6.42 Å². The van der Waals surface area contributed by atoms with Crippen molar-refractivity contribution in [2.75, 3.05) is 20.2 Å². The van der Waals surface area contributed by atoms with Crippen molar-refractivity contribution >= 4 is 10.9 Å². The topological polar surface area (TPSA) is 39.3 Å². The number of aromatic nitrogens is 1. The molecule has 2 N–H and O–H groups in total. The third-order valence-electron chi connectivity index (χ3n) is 5.07. The third-order valence-corrected chi connectivity index (χ3v) is 5.07. The summed E-state index contributed by atoms with van der Waals surface area (Å²) in [6, 6.07) is 7.20. The Morgan fingerprint density at radius 1 is 1.42 bits per heavy atom. The number of H-pyrrole nitrogens is 1. The van der Waals surface area contributed by atoms with Crippen LogP contribution in [0, 0.1) is 5.92 Å². The Morgan fingerprint density at radius 2 is 2.32 bits per heavy atom. The standard InChI is InChI=1S/C16H20N2O/c1-18-8-10(9-19)5-13-12-3-2-4-14-16(12)11(7-17-14)6-15(13)18/h2-4,7,10,13,15,17,19H,5-6,8-9H2,1H3/t10-,13?,15-/m1/s1. The summed E-state index contributed by atoms with van der Waals surface area (Å²) in [4.78, 5) is 5.85. The number of piperidine rings is 1. The number of aromatic amines is 1. The number of aliphatic hydroxyl groups excluding tert-OH is 1. The maximum Gasteiger partial charge on any atom is 0.0471 e. The van der Waals surface area contributed by atoms with E-state index in [1.165, 1.54) is 22.0 Å². The largest absolute Gasteiger partial charge is 0.396 e. The lowest BCUT2D eigenvalue weighted by Gasteiger charge is -2.45. The second-order valence-electron chi connectivity index (χ2n) is 6.19. The SMILES string of the molecule is CN1C[C@H](CO)CC2c3cccc4[nH]cc(c34)C[C@H]21. The Bertz CT molecular complexity index is 618. The van der Waals surface area contributed by atoms with Gasteiger partial charge < -0.3 is 15.0 Å². The molecule has 3 atom stereocenters. The zero-order valence-electron chi connectivity index (χ0n) is 11.3. The van der Waals surface area contributed by atoms with Crippen molar-refractivity contribution in [3.05, 3.63) is 35.5 Å². The molecule has 2 aromatic rings. The van der Waals surface area contributed by atoms with Crippen molar-refractivity contribution in [3.63, 3.8) is 0 Å². The number of aliphatic hydroxyl groups is 1. The van der Waals surface area contributed by atoms with Crippen LogP contribution in [-0.4, -0.2) is 41.2 Å². The van der Waals surface area contributed by atoms with Crippen LogP contribution < -0.4 is 0 Å². The summed E-state index contributed by atoms with van der Waals surface area (Å²) >= 11 is 0. The van der Waals surface area contributed by atoms with Crippen LogP contribution in [0.5, 0.6) is 0 Å². The van der Waals surface area contributed by atoms with E-state index in [4.69, 9.17) is 0 Å². The monoisotopic (exact) mass is 256 g/mol. The molecule has 1 aromatic heterocycles. The van der Waals surface area contributed by atoms with Crippen molar-refractivity contribution in [1.82, 2.24) is 9.88 Å². The van der Waals surface area contributed by atoms with Gasteiger partial charge in [-0.05, 0) is 43.0 Å². The van der Waals surface area contributed by atoms with Crippen LogP contribution in [0.2, 0.25) is 0 Å². The summed E-state index contributed by atoms with van der Waals surface area (Å²) in [5.41, 5.74) is 4.20. The summed E-state index contributed by atoms with van der Waals surface area (Å²) in [6.07, 6.45) is 4.43. The van der Waals surface area contributed by atoms with Gasteiger partial charge in [-0.1, -0.05) is 12.1 Å².